The number of esters is 1. The van der Waals surface area contributed by atoms with Crippen LogP contribution < -0.4 is 16.1 Å². The number of nitrogens with two attached hydrogens (primary N) is 1. The van der Waals surface area contributed by atoms with Crippen LogP contribution in [0.2, 0.25) is 0 Å². The van der Waals surface area contributed by atoms with Crippen LogP contribution in [0.3, 0.4) is 0 Å². The van der Waals surface area contributed by atoms with Gasteiger partial charge in [0.15, 0.2) is 0 Å². The van der Waals surface area contributed by atoms with Crippen LogP contribution in [0.5, 0.6) is 5.75 Å². The van der Waals surface area contributed by atoms with Crippen molar-refractivity contribution in [3.8, 4) is 5.75 Å². The second-order valence-electron chi connectivity index (χ2n) is 5.77. The normalized spacial score (nSPS) is 15.5. The van der Waals surface area contributed by atoms with Gasteiger partial charge in [-0.25, -0.2) is 4.79 Å². The highest BCUT2D eigenvalue weighted by atomic mass is 16.5. The molecule has 23 heavy (non-hydrogen) atoms. The molecular formula is C17H17NO5. The van der Waals surface area contributed by atoms with Crippen molar-refractivity contribution in [3.05, 3.63) is 40.2 Å². The van der Waals surface area contributed by atoms with Crippen molar-refractivity contribution >= 4 is 22.8 Å². The lowest BCUT2D eigenvalue weighted by molar-refractivity contribution is -0.139. The minimum Gasteiger partial charge on any atom is -0.426 e. The molecule has 1 amide bonds. The number of amides is 1. The first-order valence-corrected chi connectivity index (χ1v) is 7.64. The second-order valence-corrected chi connectivity index (χ2v) is 5.77. The first-order valence-electron chi connectivity index (χ1n) is 7.64. The van der Waals surface area contributed by atoms with E-state index in [1.54, 1.807) is 12.1 Å². The molecule has 1 fully saturated rings. The highest BCUT2D eigenvalue weighted by Gasteiger charge is 2.23. The van der Waals surface area contributed by atoms with Crippen LogP contribution in [-0.4, -0.2) is 11.9 Å². The molecule has 1 heterocycles. The first-order chi connectivity index (χ1) is 11.0. The SMILES string of the molecule is NC(=O)c1cc2ccc(OC(=O)C3CCCCC3)cc2oc1=O. The van der Waals surface area contributed by atoms with E-state index >= 15 is 0 Å². The molecule has 0 aliphatic heterocycles. The molecular weight excluding hydrogens is 298 g/mol. The number of carbonyl (C=O) groups is 2. The van der Waals surface area contributed by atoms with Crippen molar-refractivity contribution in [2.24, 2.45) is 11.7 Å². The highest BCUT2D eigenvalue weighted by Crippen LogP contribution is 2.27. The van der Waals surface area contributed by atoms with Crippen molar-refractivity contribution in [1.82, 2.24) is 0 Å². The molecule has 0 spiro atoms. The van der Waals surface area contributed by atoms with E-state index in [0.717, 1.165) is 32.1 Å². The molecule has 1 aromatic heterocycles. The van der Waals surface area contributed by atoms with Crippen LogP contribution in [0.1, 0.15) is 42.5 Å². The third-order valence-electron chi connectivity index (χ3n) is 4.13. The van der Waals surface area contributed by atoms with Gasteiger partial charge in [0.25, 0.3) is 5.91 Å². The van der Waals surface area contributed by atoms with E-state index in [1.807, 2.05) is 0 Å². The Balaban J connectivity index is 1.85. The topological polar surface area (TPSA) is 99.6 Å². The van der Waals surface area contributed by atoms with Gasteiger partial charge < -0.3 is 14.9 Å². The largest absolute Gasteiger partial charge is 0.426 e. The predicted molar refractivity (Wildman–Crippen MR) is 83.2 cm³/mol. The summed E-state index contributed by atoms with van der Waals surface area (Å²) in [7, 11) is 0. The lowest BCUT2D eigenvalue weighted by Gasteiger charge is -2.19. The van der Waals surface area contributed by atoms with Crippen LogP contribution in [0.4, 0.5) is 0 Å². The maximum atomic E-state index is 12.1. The van der Waals surface area contributed by atoms with Gasteiger partial charge in [0, 0.05) is 11.5 Å². The molecule has 0 radical (unpaired) electrons. The molecule has 1 saturated carbocycles. The second kappa shape index (κ2) is 6.24. The van der Waals surface area contributed by atoms with E-state index in [9.17, 15) is 14.4 Å². The Bertz CT molecular complexity index is 817. The van der Waals surface area contributed by atoms with Gasteiger partial charge in [0.05, 0.1) is 5.92 Å². The van der Waals surface area contributed by atoms with E-state index in [4.69, 9.17) is 14.9 Å². The Labute approximate surface area is 132 Å². The Hall–Kier alpha value is -2.63. The van der Waals surface area contributed by atoms with Gasteiger partial charge in [0.1, 0.15) is 16.9 Å². The first kappa shape index (κ1) is 15.3. The zero-order valence-electron chi connectivity index (χ0n) is 12.5. The smallest absolute Gasteiger partial charge is 0.349 e. The van der Waals surface area contributed by atoms with Crippen LogP contribution >= 0.6 is 0 Å². The quantitative estimate of drug-likeness (QED) is 0.532. The highest BCUT2D eigenvalue weighted by molar-refractivity contribution is 5.95. The minimum absolute atomic E-state index is 0.0660. The molecule has 2 N–H and O–H groups in total. The lowest BCUT2D eigenvalue weighted by atomic mass is 9.89. The maximum Gasteiger partial charge on any atom is 0.349 e. The summed E-state index contributed by atoms with van der Waals surface area (Å²) in [6.07, 6.45) is 4.95. The fourth-order valence-electron chi connectivity index (χ4n) is 2.86. The zero-order chi connectivity index (χ0) is 16.4. The summed E-state index contributed by atoms with van der Waals surface area (Å²) in [6, 6.07) is 6.07. The molecule has 0 saturated heterocycles. The molecule has 0 bridgehead atoms. The molecule has 1 aliphatic rings. The van der Waals surface area contributed by atoms with Gasteiger partial charge >= 0.3 is 11.6 Å². The summed E-state index contributed by atoms with van der Waals surface area (Å²) >= 11 is 0. The standard InChI is InChI=1S/C17H17NO5/c18-15(19)13-8-11-6-7-12(9-14(11)23-17(13)21)22-16(20)10-4-2-1-3-5-10/h6-10H,1-5H2,(H2,18,19). The summed E-state index contributed by atoms with van der Waals surface area (Å²) < 4.78 is 10.5. The number of rotatable bonds is 3. The number of fused-ring (bicyclic) bond motifs is 1. The van der Waals surface area contributed by atoms with E-state index in [0.29, 0.717) is 11.1 Å². The molecule has 0 unspecified atom stereocenters. The molecule has 120 valence electrons. The third-order valence-corrected chi connectivity index (χ3v) is 4.13. The van der Waals surface area contributed by atoms with Crippen LogP contribution in [0.25, 0.3) is 11.0 Å². The number of hydrogen-bond acceptors (Lipinski definition) is 5. The summed E-state index contributed by atoms with van der Waals surface area (Å²) in [4.78, 5) is 35.0. The van der Waals surface area contributed by atoms with Gasteiger partial charge in [0.2, 0.25) is 0 Å². The van der Waals surface area contributed by atoms with E-state index in [-0.39, 0.29) is 23.0 Å². The Morgan fingerprint density at radius 2 is 1.87 bits per heavy atom. The number of benzene rings is 1. The number of hydrogen-bond donors (Lipinski definition) is 1. The molecule has 1 aromatic carbocycles. The maximum absolute atomic E-state index is 12.1. The Morgan fingerprint density at radius 3 is 2.57 bits per heavy atom. The lowest BCUT2D eigenvalue weighted by Crippen LogP contribution is -2.22. The molecule has 0 atom stereocenters. The minimum atomic E-state index is -0.839. The monoisotopic (exact) mass is 315 g/mol. The fourth-order valence-corrected chi connectivity index (χ4v) is 2.86. The van der Waals surface area contributed by atoms with Crippen molar-refractivity contribution in [1.29, 1.82) is 0 Å². The van der Waals surface area contributed by atoms with Crippen LogP contribution in [0.15, 0.2) is 33.5 Å². The van der Waals surface area contributed by atoms with Crippen molar-refractivity contribution in [2.75, 3.05) is 0 Å². The van der Waals surface area contributed by atoms with Crippen LogP contribution in [0, 0.1) is 5.92 Å². The number of primary amides is 1. The van der Waals surface area contributed by atoms with Gasteiger partial charge in [-0.15, -0.1) is 0 Å². The fraction of sp³-hybridized carbons (Fsp3) is 0.353. The summed E-state index contributed by atoms with van der Waals surface area (Å²) in [6.45, 7) is 0. The molecule has 6 heteroatoms. The Morgan fingerprint density at radius 1 is 1.13 bits per heavy atom. The number of ether oxygens (including phenoxy) is 1. The van der Waals surface area contributed by atoms with Gasteiger partial charge in [-0.2, -0.15) is 0 Å². The zero-order valence-corrected chi connectivity index (χ0v) is 12.5. The van der Waals surface area contributed by atoms with Crippen molar-refractivity contribution in [3.63, 3.8) is 0 Å². The Kier molecular flexibility index (Phi) is 4.14. The van der Waals surface area contributed by atoms with Crippen molar-refractivity contribution < 1.29 is 18.7 Å². The molecule has 2 aromatic rings. The van der Waals surface area contributed by atoms with E-state index in [2.05, 4.69) is 0 Å². The average Bonchev–Trinajstić information content (AvgIpc) is 2.54. The predicted octanol–water partition coefficient (Wildman–Crippen LogP) is 2.38. The number of carbonyl (C=O) groups excluding carboxylic acids is 2. The van der Waals surface area contributed by atoms with Crippen molar-refractivity contribution in [2.45, 2.75) is 32.1 Å². The van der Waals surface area contributed by atoms with E-state index < -0.39 is 11.5 Å². The molecule has 6 nitrogen and oxygen atoms in total. The van der Waals surface area contributed by atoms with Crippen LogP contribution in [-0.2, 0) is 4.79 Å². The molecule has 1 aliphatic carbocycles. The summed E-state index contributed by atoms with van der Waals surface area (Å²) in [5, 5.41) is 0.538. The summed E-state index contributed by atoms with van der Waals surface area (Å²) in [5.74, 6) is -0.833. The average molecular weight is 315 g/mol. The van der Waals surface area contributed by atoms with E-state index in [1.165, 1.54) is 12.1 Å². The van der Waals surface area contributed by atoms with Gasteiger partial charge in [-0.1, -0.05) is 19.3 Å². The molecule has 3 rings (SSSR count). The summed E-state index contributed by atoms with van der Waals surface area (Å²) in [5.41, 5.74) is 4.35. The van der Waals surface area contributed by atoms with Gasteiger partial charge in [-0.3, -0.25) is 9.59 Å². The van der Waals surface area contributed by atoms with Gasteiger partial charge in [-0.05, 0) is 31.0 Å². The third kappa shape index (κ3) is 3.26.